The smallest absolute Gasteiger partial charge is 0.191 e. The molecular formula is C19H39N7S. The highest BCUT2D eigenvalue weighted by Crippen LogP contribution is 2.05. The fourth-order valence-electron chi connectivity index (χ4n) is 2.92. The molecule has 0 bridgehead atoms. The maximum Gasteiger partial charge on any atom is 0.191 e. The number of aryl methyl sites for hydroxylation is 1. The largest absolute Gasteiger partial charge is 0.356 e. The van der Waals surface area contributed by atoms with E-state index in [1.165, 1.54) is 0 Å². The van der Waals surface area contributed by atoms with Crippen LogP contribution in [-0.4, -0.2) is 69.4 Å². The molecule has 1 aromatic rings. The Morgan fingerprint density at radius 3 is 2.26 bits per heavy atom. The molecule has 0 saturated carbocycles. The standard InChI is InChI=1S/C19H39N7S/c1-15(2)26(16(3)4)12-8-10-20-19(21-11-9-13-27-7)22-14-18-24-23-17(5)25(18)6/h15-16H,8-14H2,1-7H3,(H2,20,21,22). The Kier molecular flexibility index (Phi) is 11.4. The van der Waals surface area contributed by atoms with Crippen molar-refractivity contribution in [1.29, 1.82) is 0 Å². The molecule has 1 rings (SSSR count). The minimum absolute atomic E-state index is 0.527. The number of rotatable bonds is 12. The summed E-state index contributed by atoms with van der Waals surface area (Å²) in [6.45, 7) is 14.4. The first kappa shape index (κ1) is 23.8. The highest BCUT2D eigenvalue weighted by Gasteiger charge is 2.12. The summed E-state index contributed by atoms with van der Waals surface area (Å²) >= 11 is 1.87. The molecule has 8 heteroatoms. The number of thioether (sulfide) groups is 1. The van der Waals surface area contributed by atoms with Gasteiger partial charge in [-0.2, -0.15) is 11.8 Å². The van der Waals surface area contributed by atoms with Crippen molar-refractivity contribution in [3.8, 4) is 0 Å². The van der Waals surface area contributed by atoms with Crippen molar-refractivity contribution in [1.82, 2.24) is 30.3 Å². The van der Waals surface area contributed by atoms with Crippen LogP contribution in [0, 0.1) is 6.92 Å². The van der Waals surface area contributed by atoms with E-state index in [9.17, 15) is 0 Å². The van der Waals surface area contributed by atoms with Crippen molar-refractivity contribution in [2.24, 2.45) is 12.0 Å². The monoisotopic (exact) mass is 397 g/mol. The van der Waals surface area contributed by atoms with Gasteiger partial charge < -0.3 is 15.2 Å². The normalized spacial score (nSPS) is 12.4. The van der Waals surface area contributed by atoms with E-state index >= 15 is 0 Å². The Bertz CT molecular complexity index is 546. The van der Waals surface area contributed by atoms with Crippen LogP contribution in [0.4, 0.5) is 0 Å². The van der Waals surface area contributed by atoms with Crippen molar-refractivity contribution in [2.45, 2.75) is 66.1 Å². The fraction of sp³-hybridized carbons (Fsp3) is 0.842. The summed E-state index contributed by atoms with van der Waals surface area (Å²) in [5.41, 5.74) is 0. The lowest BCUT2D eigenvalue weighted by atomic mass is 10.2. The molecule has 0 aliphatic carbocycles. The molecular weight excluding hydrogens is 358 g/mol. The van der Waals surface area contributed by atoms with Crippen molar-refractivity contribution in [3.05, 3.63) is 11.6 Å². The van der Waals surface area contributed by atoms with Gasteiger partial charge in [0.15, 0.2) is 11.8 Å². The van der Waals surface area contributed by atoms with Gasteiger partial charge in [-0.1, -0.05) is 0 Å². The summed E-state index contributed by atoms with van der Waals surface area (Å²) in [6, 6.07) is 1.14. The number of hydrogen-bond donors (Lipinski definition) is 2. The minimum Gasteiger partial charge on any atom is -0.356 e. The molecule has 0 aliphatic heterocycles. The summed E-state index contributed by atoms with van der Waals surface area (Å²) in [7, 11) is 1.98. The molecule has 156 valence electrons. The lowest BCUT2D eigenvalue weighted by Gasteiger charge is -2.30. The summed E-state index contributed by atoms with van der Waals surface area (Å²) in [5, 5.41) is 15.2. The van der Waals surface area contributed by atoms with Crippen LogP contribution in [0.3, 0.4) is 0 Å². The van der Waals surface area contributed by atoms with Gasteiger partial charge in [-0.05, 0) is 59.5 Å². The number of guanidine groups is 1. The Morgan fingerprint density at radius 2 is 1.74 bits per heavy atom. The highest BCUT2D eigenvalue weighted by atomic mass is 32.2. The molecule has 27 heavy (non-hydrogen) atoms. The molecule has 0 amide bonds. The summed E-state index contributed by atoms with van der Waals surface area (Å²) in [4.78, 5) is 7.22. The lowest BCUT2D eigenvalue weighted by Crippen LogP contribution is -2.41. The van der Waals surface area contributed by atoms with E-state index in [0.717, 1.165) is 55.8 Å². The fourth-order valence-corrected chi connectivity index (χ4v) is 3.35. The molecule has 7 nitrogen and oxygen atoms in total. The second-order valence-electron chi connectivity index (χ2n) is 7.37. The average Bonchev–Trinajstić information content (AvgIpc) is 2.93. The van der Waals surface area contributed by atoms with Crippen LogP contribution in [0.25, 0.3) is 0 Å². The SMILES string of the molecule is CSCCCNC(=NCc1nnc(C)n1C)NCCCN(C(C)C)C(C)C. The second kappa shape index (κ2) is 13.0. The van der Waals surface area contributed by atoms with Gasteiger partial charge in [0.05, 0.1) is 0 Å². The lowest BCUT2D eigenvalue weighted by molar-refractivity contribution is 0.173. The molecule has 1 heterocycles. The van der Waals surface area contributed by atoms with E-state index in [4.69, 9.17) is 4.99 Å². The number of hydrogen-bond acceptors (Lipinski definition) is 5. The zero-order chi connectivity index (χ0) is 20.2. The molecule has 0 unspecified atom stereocenters. The Balaban J connectivity index is 2.55. The third kappa shape index (κ3) is 8.97. The van der Waals surface area contributed by atoms with Gasteiger partial charge in [0.25, 0.3) is 0 Å². The first-order valence-electron chi connectivity index (χ1n) is 9.98. The van der Waals surface area contributed by atoms with Crippen molar-refractivity contribution in [3.63, 3.8) is 0 Å². The van der Waals surface area contributed by atoms with E-state index < -0.39 is 0 Å². The zero-order valence-electron chi connectivity index (χ0n) is 18.2. The third-order valence-corrected chi connectivity index (χ3v) is 5.29. The zero-order valence-corrected chi connectivity index (χ0v) is 19.1. The molecule has 0 fully saturated rings. The highest BCUT2D eigenvalue weighted by molar-refractivity contribution is 7.98. The van der Waals surface area contributed by atoms with E-state index in [0.29, 0.717) is 18.6 Å². The molecule has 0 saturated heterocycles. The predicted molar refractivity (Wildman–Crippen MR) is 117 cm³/mol. The van der Waals surface area contributed by atoms with Gasteiger partial charge in [-0.15, -0.1) is 10.2 Å². The Hall–Kier alpha value is -1.28. The molecule has 0 atom stereocenters. The van der Waals surface area contributed by atoms with Gasteiger partial charge in [-0.3, -0.25) is 4.90 Å². The molecule has 0 aromatic carbocycles. The van der Waals surface area contributed by atoms with Gasteiger partial charge in [0.1, 0.15) is 12.4 Å². The van der Waals surface area contributed by atoms with Crippen LogP contribution in [0.2, 0.25) is 0 Å². The van der Waals surface area contributed by atoms with Gasteiger partial charge in [-0.25, -0.2) is 4.99 Å². The Morgan fingerprint density at radius 1 is 1.11 bits per heavy atom. The van der Waals surface area contributed by atoms with Gasteiger partial charge in [0.2, 0.25) is 0 Å². The van der Waals surface area contributed by atoms with Crippen molar-refractivity contribution < 1.29 is 0 Å². The molecule has 0 aliphatic rings. The van der Waals surface area contributed by atoms with E-state index in [1.807, 2.05) is 30.3 Å². The van der Waals surface area contributed by atoms with Crippen LogP contribution in [0.15, 0.2) is 4.99 Å². The van der Waals surface area contributed by atoms with E-state index in [2.05, 4.69) is 59.7 Å². The first-order chi connectivity index (χ1) is 12.9. The number of aromatic nitrogens is 3. The summed E-state index contributed by atoms with van der Waals surface area (Å²) in [5.74, 6) is 3.80. The van der Waals surface area contributed by atoms with Gasteiger partial charge in [0, 0.05) is 38.8 Å². The van der Waals surface area contributed by atoms with Gasteiger partial charge >= 0.3 is 0 Å². The van der Waals surface area contributed by atoms with E-state index in [-0.39, 0.29) is 0 Å². The maximum absolute atomic E-state index is 4.70. The van der Waals surface area contributed by atoms with Crippen LogP contribution < -0.4 is 10.6 Å². The minimum atomic E-state index is 0.527. The van der Waals surface area contributed by atoms with Crippen LogP contribution in [0.1, 0.15) is 52.2 Å². The second-order valence-corrected chi connectivity index (χ2v) is 8.35. The first-order valence-corrected chi connectivity index (χ1v) is 11.4. The number of aliphatic imine (C=N–C) groups is 1. The number of nitrogens with one attached hydrogen (secondary N) is 2. The number of nitrogens with zero attached hydrogens (tertiary/aromatic N) is 5. The van der Waals surface area contributed by atoms with Crippen LogP contribution >= 0.6 is 11.8 Å². The van der Waals surface area contributed by atoms with Crippen molar-refractivity contribution >= 4 is 17.7 Å². The summed E-state index contributed by atoms with van der Waals surface area (Å²) in [6.07, 6.45) is 4.35. The molecule has 0 spiro atoms. The molecule has 2 N–H and O–H groups in total. The predicted octanol–water partition coefficient (Wildman–Crippen LogP) is 2.42. The summed E-state index contributed by atoms with van der Waals surface area (Å²) < 4.78 is 1.98. The molecule has 0 radical (unpaired) electrons. The van der Waals surface area contributed by atoms with Crippen molar-refractivity contribution in [2.75, 3.05) is 31.6 Å². The maximum atomic E-state index is 4.70. The molecule has 1 aromatic heterocycles. The average molecular weight is 398 g/mol. The Labute approximate surface area is 169 Å². The van der Waals surface area contributed by atoms with Crippen LogP contribution in [-0.2, 0) is 13.6 Å². The quantitative estimate of drug-likeness (QED) is 0.321. The van der Waals surface area contributed by atoms with E-state index in [1.54, 1.807) is 0 Å². The topological polar surface area (TPSA) is 70.4 Å². The van der Waals surface area contributed by atoms with Crippen LogP contribution in [0.5, 0.6) is 0 Å². The third-order valence-electron chi connectivity index (χ3n) is 4.59.